The minimum Gasteiger partial charge on any atom is -0.300 e. The lowest BCUT2D eigenvalue weighted by atomic mass is 9.99. The highest BCUT2D eigenvalue weighted by atomic mass is 19.3. The SMILES string of the molecule is CC(=O)[C@@H]1C[C@@H]2[C@H](C1)C2(F)F. The van der Waals surface area contributed by atoms with Crippen molar-refractivity contribution in [2.24, 2.45) is 17.8 Å². The van der Waals surface area contributed by atoms with Gasteiger partial charge in [0.2, 0.25) is 0 Å². The van der Waals surface area contributed by atoms with Crippen molar-refractivity contribution in [3.8, 4) is 0 Å². The molecular weight excluding hydrogens is 150 g/mol. The molecule has 2 fully saturated rings. The molecule has 0 bridgehead atoms. The third kappa shape index (κ3) is 0.829. The topological polar surface area (TPSA) is 17.1 Å². The molecule has 2 saturated carbocycles. The van der Waals surface area contributed by atoms with E-state index in [1.165, 1.54) is 6.92 Å². The quantitative estimate of drug-likeness (QED) is 0.572. The van der Waals surface area contributed by atoms with Crippen LogP contribution in [-0.2, 0) is 4.79 Å². The zero-order valence-electron chi connectivity index (χ0n) is 6.31. The lowest BCUT2D eigenvalue weighted by Crippen LogP contribution is -2.13. The highest BCUT2D eigenvalue weighted by Crippen LogP contribution is 2.65. The number of alkyl halides is 2. The second kappa shape index (κ2) is 1.82. The van der Waals surface area contributed by atoms with Crippen molar-refractivity contribution in [1.82, 2.24) is 0 Å². The fourth-order valence-corrected chi connectivity index (χ4v) is 2.14. The van der Waals surface area contributed by atoms with Gasteiger partial charge in [-0.1, -0.05) is 0 Å². The maximum absolute atomic E-state index is 12.6. The Labute approximate surface area is 63.8 Å². The van der Waals surface area contributed by atoms with Crippen LogP contribution in [0.4, 0.5) is 8.78 Å². The van der Waals surface area contributed by atoms with Gasteiger partial charge in [-0.15, -0.1) is 0 Å². The van der Waals surface area contributed by atoms with E-state index in [0.29, 0.717) is 12.8 Å². The van der Waals surface area contributed by atoms with Crippen LogP contribution < -0.4 is 0 Å². The zero-order chi connectivity index (χ0) is 8.22. The molecule has 11 heavy (non-hydrogen) atoms. The molecule has 0 N–H and O–H groups in total. The van der Waals surface area contributed by atoms with Gasteiger partial charge >= 0.3 is 0 Å². The predicted molar refractivity (Wildman–Crippen MR) is 35.3 cm³/mol. The van der Waals surface area contributed by atoms with Gasteiger partial charge in [-0.05, 0) is 19.8 Å². The third-order valence-electron chi connectivity index (χ3n) is 3.02. The van der Waals surface area contributed by atoms with E-state index in [1.54, 1.807) is 0 Å². The van der Waals surface area contributed by atoms with E-state index >= 15 is 0 Å². The Balaban J connectivity index is 2.00. The van der Waals surface area contributed by atoms with Crippen LogP contribution >= 0.6 is 0 Å². The third-order valence-corrected chi connectivity index (χ3v) is 3.02. The molecule has 0 aromatic heterocycles. The molecule has 0 amide bonds. The number of hydrogen-bond donors (Lipinski definition) is 0. The number of Topliss-reactive ketones (excluding diaryl/α,β-unsaturated/α-hetero) is 1. The standard InChI is InChI=1S/C8H10F2O/c1-4(11)5-2-6-7(3-5)8(6,9)10/h5-7H,2-3H2,1H3/t5-,6-,7+. The summed E-state index contributed by atoms with van der Waals surface area (Å²) in [4.78, 5) is 10.8. The highest BCUT2D eigenvalue weighted by Gasteiger charge is 2.71. The second-order valence-corrected chi connectivity index (χ2v) is 3.67. The number of rotatable bonds is 1. The van der Waals surface area contributed by atoms with Crippen molar-refractivity contribution in [3.05, 3.63) is 0 Å². The zero-order valence-corrected chi connectivity index (χ0v) is 6.31. The Kier molecular flexibility index (Phi) is 1.19. The molecule has 0 aromatic rings. The normalized spacial score (nSPS) is 45.2. The number of hydrogen-bond acceptors (Lipinski definition) is 1. The first-order valence-electron chi connectivity index (χ1n) is 3.91. The van der Waals surface area contributed by atoms with Crippen molar-refractivity contribution in [1.29, 1.82) is 0 Å². The van der Waals surface area contributed by atoms with Crippen molar-refractivity contribution in [3.63, 3.8) is 0 Å². The van der Waals surface area contributed by atoms with Gasteiger partial charge in [0.15, 0.2) is 0 Å². The van der Waals surface area contributed by atoms with Crippen LogP contribution in [0.2, 0.25) is 0 Å². The van der Waals surface area contributed by atoms with E-state index in [0.717, 1.165) is 0 Å². The Morgan fingerprint density at radius 1 is 1.36 bits per heavy atom. The molecule has 0 aliphatic heterocycles. The molecule has 3 atom stereocenters. The molecule has 0 unspecified atom stereocenters. The molecule has 2 aliphatic carbocycles. The van der Waals surface area contributed by atoms with Gasteiger partial charge in [0.25, 0.3) is 5.92 Å². The summed E-state index contributed by atoms with van der Waals surface area (Å²) in [5.74, 6) is -3.34. The average molecular weight is 160 g/mol. The van der Waals surface area contributed by atoms with Crippen LogP contribution in [0.1, 0.15) is 19.8 Å². The van der Waals surface area contributed by atoms with Crippen LogP contribution in [0.5, 0.6) is 0 Å². The molecule has 62 valence electrons. The fraction of sp³-hybridized carbons (Fsp3) is 0.875. The number of carbonyl (C=O) groups excluding carboxylic acids is 1. The summed E-state index contributed by atoms with van der Waals surface area (Å²) in [6.45, 7) is 1.49. The first kappa shape index (κ1) is 7.19. The van der Waals surface area contributed by atoms with E-state index < -0.39 is 17.8 Å². The molecule has 0 saturated heterocycles. The van der Waals surface area contributed by atoms with Crippen molar-refractivity contribution < 1.29 is 13.6 Å². The second-order valence-electron chi connectivity index (χ2n) is 3.67. The van der Waals surface area contributed by atoms with E-state index in [4.69, 9.17) is 0 Å². The largest absolute Gasteiger partial charge is 0.300 e. The first-order valence-corrected chi connectivity index (χ1v) is 3.91. The summed E-state index contributed by atoms with van der Waals surface area (Å²) in [7, 11) is 0. The number of carbonyl (C=O) groups is 1. The Morgan fingerprint density at radius 2 is 1.82 bits per heavy atom. The molecule has 2 rings (SSSR count). The minimum atomic E-state index is -2.42. The average Bonchev–Trinajstić information content (AvgIpc) is 2.28. The number of halogens is 2. The van der Waals surface area contributed by atoms with Gasteiger partial charge in [-0.3, -0.25) is 4.79 Å². The molecule has 0 spiro atoms. The maximum Gasteiger partial charge on any atom is 0.254 e. The lowest BCUT2D eigenvalue weighted by Gasteiger charge is -2.09. The van der Waals surface area contributed by atoms with Crippen LogP contribution in [0, 0.1) is 17.8 Å². The fourth-order valence-electron chi connectivity index (χ4n) is 2.14. The monoisotopic (exact) mass is 160 g/mol. The van der Waals surface area contributed by atoms with E-state index in [1.807, 2.05) is 0 Å². The van der Waals surface area contributed by atoms with Gasteiger partial charge in [0.05, 0.1) is 0 Å². The molecule has 2 aliphatic rings. The van der Waals surface area contributed by atoms with Gasteiger partial charge in [0.1, 0.15) is 5.78 Å². The van der Waals surface area contributed by atoms with Gasteiger partial charge in [0, 0.05) is 17.8 Å². The Hall–Kier alpha value is -0.470. The summed E-state index contributed by atoms with van der Waals surface area (Å²) < 4.78 is 25.1. The Bertz CT molecular complexity index is 198. The lowest BCUT2D eigenvalue weighted by molar-refractivity contribution is -0.121. The van der Waals surface area contributed by atoms with Gasteiger partial charge in [-0.25, -0.2) is 8.78 Å². The maximum atomic E-state index is 12.6. The highest BCUT2D eigenvalue weighted by molar-refractivity contribution is 5.79. The van der Waals surface area contributed by atoms with Crippen molar-refractivity contribution in [2.75, 3.05) is 0 Å². The van der Waals surface area contributed by atoms with Crippen molar-refractivity contribution >= 4 is 5.78 Å². The van der Waals surface area contributed by atoms with Crippen molar-refractivity contribution in [2.45, 2.75) is 25.7 Å². The predicted octanol–water partition coefficient (Wildman–Crippen LogP) is 1.87. The van der Waals surface area contributed by atoms with Gasteiger partial charge in [-0.2, -0.15) is 0 Å². The molecular formula is C8H10F2O. The number of ketones is 1. The minimum absolute atomic E-state index is 0.0652. The van der Waals surface area contributed by atoms with Crippen LogP contribution in [0.15, 0.2) is 0 Å². The molecule has 0 heterocycles. The molecule has 0 aromatic carbocycles. The first-order chi connectivity index (χ1) is 5.03. The summed E-state index contributed by atoms with van der Waals surface area (Å²) in [5.41, 5.74) is 0. The summed E-state index contributed by atoms with van der Waals surface area (Å²) >= 11 is 0. The van der Waals surface area contributed by atoms with Crippen LogP contribution in [0.25, 0.3) is 0 Å². The molecule has 1 nitrogen and oxygen atoms in total. The van der Waals surface area contributed by atoms with E-state index in [2.05, 4.69) is 0 Å². The summed E-state index contributed by atoms with van der Waals surface area (Å²) in [6.07, 6.45) is 0.847. The van der Waals surface area contributed by atoms with E-state index in [-0.39, 0.29) is 11.7 Å². The van der Waals surface area contributed by atoms with Crippen LogP contribution in [-0.4, -0.2) is 11.7 Å². The number of fused-ring (bicyclic) bond motifs is 1. The molecule has 0 radical (unpaired) electrons. The van der Waals surface area contributed by atoms with Gasteiger partial charge < -0.3 is 0 Å². The Morgan fingerprint density at radius 3 is 2.18 bits per heavy atom. The summed E-state index contributed by atoms with van der Waals surface area (Å²) in [6, 6.07) is 0. The van der Waals surface area contributed by atoms with E-state index in [9.17, 15) is 13.6 Å². The molecule has 3 heteroatoms. The smallest absolute Gasteiger partial charge is 0.254 e. The van der Waals surface area contributed by atoms with Crippen LogP contribution in [0.3, 0.4) is 0 Å². The summed E-state index contributed by atoms with van der Waals surface area (Å²) in [5, 5.41) is 0.